The first kappa shape index (κ1) is 10.7. The normalized spacial score (nSPS) is 25.7. The summed E-state index contributed by atoms with van der Waals surface area (Å²) in [5.41, 5.74) is 1.51. The second-order valence-corrected chi connectivity index (χ2v) is 4.70. The Kier molecular flexibility index (Phi) is 3.79. The lowest BCUT2D eigenvalue weighted by Crippen LogP contribution is -2.23. The molecule has 0 spiro atoms. The van der Waals surface area contributed by atoms with Crippen molar-refractivity contribution in [2.75, 3.05) is 13.6 Å². The molecule has 0 radical (unpaired) electrons. The highest BCUT2D eigenvalue weighted by molar-refractivity contribution is 5.15. The van der Waals surface area contributed by atoms with Crippen molar-refractivity contribution in [1.29, 1.82) is 0 Å². The van der Waals surface area contributed by atoms with Crippen LogP contribution in [0.25, 0.3) is 0 Å². The van der Waals surface area contributed by atoms with Crippen LogP contribution in [0, 0.1) is 11.8 Å². The summed E-state index contributed by atoms with van der Waals surface area (Å²) in [4.78, 5) is 0. The van der Waals surface area contributed by atoms with Gasteiger partial charge in [-0.25, -0.2) is 0 Å². The van der Waals surface area contributed by atoms with Crippen molar-refractivity contribution in [2.24, 2.45) is 11.8 Å². The second kappa shape index (κ2) is 5.32. The van der Waals surface area contributed by atoms with Crippen molar-refractivity contribution in [2.45, 2.75) is 25.7 Å². The van der Waals surface area contributed by atoms with Crippen molar-refractivity contribution >= 4 is 0 Å². The zero-order valence-corrected chi connectivity index (χ0v) is 9.58. The van der Waals surface area contributed by atoms with E-state index in [1.165, 1.54) is 37.8 Å². The first-order chi connectivity index (χ1) is 7.40. The lowest BCUT2D eigenvalue weighted by molar-refractivity contribution is 0.374. The third kappa shape index (κ3) is 2.82. The maximum Gasteiger partial charge on any atom is -0.00208 e. The molecular formula is C14H21N. The molecule has 0 heterocycles. The van der Waals surface area contributed by atoms with Gasteiger partial charge in [0.15, 0.2) is 0 Å². The van der Waals surface area contributed by atoms with E-state index in [2.05, 4.69) is 42.7 Å². The third-order valence-corrected chi connectivity index (χ3v) is 3.62. The number of rotatable bonds is 4. The van der Waals surface area contributed by atoms with Crippen molar-refractivity contribution in [3.8, 4) is 0 Å². The Labute approximate surface area is 92.9 Å². The Morgan fingerprint density at radius 2 is 1.87 bits per heavy atom. The van der Waals surface area contributed by atoms with E-state index in [1.807, 2.05) is 0 Å². The Hall–Kier alpha value is -0.820. The van der Waals surface area contributed by atoms with Gasteiger partial charge in [-0.15, -0.1) is 0 Å². The van der Waals surface area contributed by atoms with Gasteiger partial charge in [-0.05, 0) is 50.3 Å². The van der Waals surface area contributed by atoms with Crippen LogP contribution in [0.4, 0.5) is 0 Å². The Bertz CT molecular complexity index is 281. The molecule has 1 aromatic carbocycles. The predicted octanol–water partition coefficient (Wildman–Crippen LogP) is 2.86. The topological polar surface area (TPSA) is 12.0 Å². The Balaban J connectivity index is 1.93. The summed E-state index contributed by atoms with van der Waals surface area (Å²) in [5.74, 6) is 1.80. The fourth-order valence-corrected chi connectivity index (χ4v) is 2.83. The minimum atomic E-state index is 0.898. The van der Waals surface area contributed by atoms with Crippen LogP contribution in [0.5, 0.6) is 0 Å². The molecule has 1 saturated carbocycles. The summed E-state index contributed by atoms with van der Waals surface area (Å²) in [6, 6.07) is 10.9. The average molecular weight is 203 g/mol. The molecule has 1 fully saturated rings. The Morgan fingerprint density at radius 1 is 1.13 bits per heavy atom. The van der Waals surface area contributed by atoms with Gasteiger partial charge in [0.25, 0.3) is 0 Å². The standard InChI is InChI=1S/C14H21N/c1-15-11-14-9-5-8-13(14)10-12-6-3-2-4-7-12/h2-4,6-7,13-15H,5,8-11H2,1H3. The lowest BCUT2D eigenvalue weighted by atomic mass is 9.89. The van der Waals surface area contributed by atoms with E-state index in [9.17, 15) is 0 Å². The first-order valence-corrected chi connectivity index (χ1v) is 6.08. The van der Waals surface area contributed by atoms with E-state index in [-0.39, 0.29) is 0 Å². The smallest absolute Gasteiger partial charge is 0.00208 e. The van der Waals surface area contributed by atoms with E-state index < -0.39 is 0 Å². The van der Waals surface area contributed by atoms with Gasteiger partial charge < -0.3 is 5.32 Å². The fourth-order valence-electron chi connectivity index (χ4n) is 2.83. The molecule has 1 aliphatic rings. The quantitative estimate of drug-likeness (QED) is 0.793. The highest BCUT2D eigenvalue weighted by Crippen LogP contribution is 2.33. The van der Waals surface area contributed by atoms with Crippen LogP contribution in [0.3, 0.4) is 0 Å². The van der Waals surface area contributed by atoms with E-state index in [4.69, 9.17) is 0 Å². The van der Waals surface area contributed by atoms with Crippen LogP contribution in [-0.2, 0) is 6.42 Å². The molecule has 82 valence electrons. The van der Waals surface area contributed by atoms with Gasteiger partial charge in [-0.2, -0.15) is 0 Å². The molecule has 2 rings (SSSR count). The zero-order chi connectivity index (χ0) is 10.5. The molecule has 2 unspecified atom stereocenters. The monoisotopic (exact) mass is 203 g/mol. The lowest BCUT2D eigenvalue weighted by Gasteiger charge is -2.19. The minimum Gasteiger partial charge on any atom is -0.319 e. The maximum absolute atomic E-state index is 3.33. The highest BCUT2D eigenvalue weighted by Gasteiger charge is 2.26. The van der Waals surface area contributed by atoms with Crippen molar-refractivity contribution < 1.29 is 0 Å². The molecule has 0 aliphatic heterocycles. The van der Waals surface area contributed by atoms with Crippen LogP contribution >= 0.6 is 0 Å². The van der Waals surface area contributed by atoms with Crippen molar-refractivity contribution in [3.63, 3.8) is 0 Å². The van der Waals surface area contributed by atoms with E-state index in [0.29, 0.717) is 0 Å². The summed E-state index contributed by atoms with van der Waals surface area (Å²) in [5, 5.41) is 3.33. The molecule has 1 aliphatic carbocycles. The molecule has 0 saturated heterocycles. The molecule has 15 heavy (non-hydrogen) atoms. The summed E-state index contributed by atoms with van der Waals surface area (Å²) in [6.45, 7) is 1.19. The molecule has 1 aromatic rings. The van der Waals surface area contributed by atoms with Gasteiger partial charge in [-0.1, -0.05) is 36.8 Å². The number of hydrogen-bond donors (Lipinski definition) is 1. The number of benzene rings is 1. The molecule has 1 nitrogen and oxygen atoms in total. The van der Waals surface area contributed by atoms with Gasteiger partial charge in [0, 0.05) is 0 Å². The molecule has 2 atom stereocenters. The molecular weight excluding hydrogens is 182 g/mol. The number of hydrogen-bond acceptors (Lipinski definition) is 1. The average Bonchev–Trinajstić information content (AvgIpc) is 2.68. The second-order valence-electron chi connectivity index (χ2n) is 4.70. The van der Waals surface area contributed by atoms with Crippen LogP contribution < -0.4 is 5.32 Å². The molecule has 0 bridgehead atoms. The van der Waals surface area contributed by atoms with Gasteiger partial charge in [0.05, 0.1) is 0 Å². The van der Waals surface area contributed by atoms with Gasteiger partial charge >= 0.3 is 0 Å². The SMILES string of the molecule is CNCC1CCCC1Cc1ccccc1. The summed E-state index contributed by atoms with van der Waals surface area (Å²) in [7, 11) is 2.07. The molecule has 1 heteroatoms. The van der Waals surface area contributed by atoms with Gasteiger partial charge in [0.1, 0.15) is 0 Å². The van der Waals surface area contributed by atoms with E-state index in [0.717, 1.165) is 11.8 Å². The highest BCUT2D eigenvalue weighted by atomic mass is 14.8. The van der Waals surface area contributed by atoms with Crippen molar-refractivity contribution in [1.82, 2.24) is 5.32 Å². The summed E-state index contributed by atoms with van der Waals surface area (Å²) < 4.78 is 0. The van der Waals surface area contributed by atoms with Gasteiger partial charge in [0.2, 0.25) is 0 Å². The van der Waals surface area contributed by atoms with Crippen molar-refractivity contribution in [3.05, 3.63) is 35.9 Å². The van der Waals surface area contributed by atoms with E-state index >= 15 is 0 Å². The zero-order valence-electron chi connectivity index (χ0n) is 9.58. The van der Waals surface area contributed by atoms with Crippen LogP contribution in [-0.4, -0.2) is 13.6 Å². The minimum absolute atomic E-state index is 0.898. The van der Waals surface area contributed by atoms with Crippen LogP contribution in [0.1, 0.15) is 24.8 Å². The largest absolute Gasteiger partial charge is 0.319 e. The maximum atomic E-state index is 3.33. The molecule has 1 N–H and O–H groups in total. The summed E-state index contributed by atoms with van der Waals surface area (Å²) in [6.07, 6.45) is 5.52. The van der Waals surface area contributed by atoms with Crippen LogP contribution in [0.2, 0.25) is 0 Å². The molecule has 0 amide bonds. The fraction of sp³-hybridized carbons (Fsp3) is 0.571. The molecule has 0 aromatic heterocycles. The first-order valence-electron chi connectivity index (χ1n) is 6.08. The van der Waals surface area contributed by atoms with E-state index in [1.54, 1.807) is 0 Å². The predicted molar refractivity (Wildman–Crippen MR) is 64.9 cm³/mol. The third-order valence-electron chi connectivity index (χ3n) is 3.62. The number of nitrogens with one attached hydrogen (secondary N) is 1. The van der Waals surface area contributed by atoms with Gasteiger partial charge in [-0.3, -0.25) is 0 Å². The summed E-state index contributed by atoms with van der Waals surface area (Å²) >= 11 is 0. The Morgan fingerprint density at radius 3 is 2.60 bits per heavy atom. The van der Waals surface area contributed by atoms with Crippen LogP contribution in [0.15, 0.2) is 30.3 Å².